The van der Waals surface area contributed by atoms with Gasteiger partial charge in [0.2, 0.25) is 0 Å². The van der Waals surface area contributed by atoms with Crippen molar-refractivity contribution in [3.8, 4) is 11.5 Å². The predicted octanol–water partition coefficient (Wildman–Crippen LogP) is 3.71. The molecule has 1 aliphatic rings. The van der Waals surface area contributed by atoms with Crippen molar-refractivity contribution >= 4 is 22.4 Å². The molecule has 2 aromatic rings. The summed E-state index contributed by atoms with van der Waals surface area (Å²) in [5, 5.41) is 6.73. The first kappa shape index (κ1) is 23.2. The lowest BCUT2D eigenvalue weighted by Crippen LogP contribution is -2.38. The standard InChI is InChI=1S/C23H35N5O2S/c1-6-24-22(25-10-9-19-16-31-23(26-19)28-11-7-8-12-28)27(3)15-18-14-21(30-5)20(29-4)13-17(18)2/h13-14,16H,6-12,15H2,1-5H3,(H,24,25). The molecule has 7 nitrogen and oxygen atoms in total. The van der Waals surface area contributed by atoms with E-state index in [1.807, 2.05) is 12.1 Å². The maximum Gasteiger partial charge on any atom is 0.193 e. The van der Waals surface area contributed by atoms with E-state index in [2.05, 4.69) is 41.4 Å². The second-order valence-corrected chi connectivity index (χ2v) is 8.63. The van der Waals surface area contributed by atoms with Crippen molar-refractivity contribution in [2.75, 3.05) is 52.3 Å². The topological polar surface area (TPSA) is 62.2 Å². The number of anilines is 1. The summed E-state index contributed by atoms with van der Waals surface area (Å²) in [5.74, 6) is 2.39. The van der Waals surface area contributed by atoms with Crippen molar-refractivity contribution in [1.29, 1.82) is 0 Å². The van der Waals surface area contributed by atoms with Gasteiger partial charge in [-0.25, -0.2) is 4.98 Å². The Kier molecular flexibility index (Phi) is 8.40. The summed E-state index contributed by atoms with van der Waals surface area (Å²) in [7, 11) is 5.39. The molecule has 31 heavy (non-hydrogen) atoms. The van der Waals surface area contributed by atoms with Gasteiger partial charge in [0.25, 0.3) is 0 Å². The highest BCUT2D eigenvalue weighted by atomic mass is 32.1. The molecular formula is C23H35N5O2S. The smallest absolute Gasteiger partial charge is 0.193 e. The number of nitrogens with one attached hydrogen (secondary N) is 1. The summed E-state index contributed by atoms with van der Waals surface area (Å²) in [6.45, 7) is 8.72. The van der Waals surface area contributed by atoms with Crippen LogP contribution in [0, 0.1) is 6.92 Å². The molecule has 0 amide bonds. The van der Waals surface area contributed by atoms with Gasteiger partial charge in [-0.15, -0.1) is 11.3 Å². The molecule has 1 aromatic carbocycles. The number of aromatic nitrogens is 1. The Labute approximate surface area is 190 Å². The highest BCUT2D eigenvalue weighted by Crippen LogP contribution is 2.30. The number of guanidine groups is 1. The van der Waals surface area contributed by atoms with E-state index in [4.69, 9.17) is 19.5 Å². The molecule has 0 bridgehead atoms. The van der Waals surface area contributed by atoms with Crippen LogP contribution in [0.1, 0.15) is 36.6 Å². The Hall–Kier alpha value is -2.48. The molecule has 1 aliphatic heterocycles. The number of nitrogens with zero attached hydrogens (tertiary/aromatic N) is 4. The number of thiazole rings is 1. The molecule has 0 unspecified atom stereocenters. The maximum absolute atomic E-state index is 5.48. The Morgan fingerprint density at radius 2 is 1.94 bits per heavy atom. The van der Waals surface area contributed by atoms with Crippen LogP contribution in [0.5, 0.6) is 11.5 Å². The average Bonchev–Trinajstić information content (AvgIpc) is 3.46. The van der Waals surface area contributed by atoms with Gasteiger partial charge in [0.05, 0.1) is 19.9 Å². The van der Waals surface area contributed by atoms with Crippen molar-refractivity contribution in [2.24, 2.45) is 4.99 Å². The highest BCUT2D eigenvalue weighted by Gasteiger charge is 2.16. The lowest BCUT2D eigenvalue weighted by molar-refractivity contribution is 0.353. The molecule has 0 radical (unpaired) electrons. The van der Waals surface area contributed by atoms with Gasteiger partial charge >= 0.3 is 0 Å². The van der Waals surface area contributed by atoms with Gasteiger partial charge in [-0.05, 0) is 49.9 Å². The second kappa shape index (κ2) is 11.2. The lowest BCUT2D eigenvalue weighted by atomic mass is 10.1. The minimum absolute atomic E-state index is 0.709. The van der Waals surface area contributed by atoms with E-state index < -0.39 is 0 Å². The lowest BCUT2D eigenvalue weighted by Gasteiger charge is -2.23. The zero-order valence-corrected chi connectivity index (χ0v) is 20.2. The average molecular weight is 446 g/mol. The SMILES string of the molecule is CCNC(=NCCc1csc(N2CCCC2)n1)N(C)Cc1cc(OC)c(OC)cc1C. The molecule has 0 aliphatic carbocycles. The number of benzene rings is 1. The Balaban J connectivity index is 1.63. The van der Waals surface area contributed by atoms with Crippen LogP contribution < -0.4 is 19.7 Å². The van der Waals surface area contributed by atoms with Gasteiger partial charge in [-0.2, -0.15) is 0 Å². The van der Waals surface area contributed by atoms with Crippen LogP contribution in [0.2, 0.25) is 0 Å². The van der Waals surface area contributed by atoms with Crippen LogP contribution >= 0.6 is 11.3 Å². The largest absolute Gasteiger partial charge is 0.493 e. The molecule has 1 fully saturated rings. The van der Waals surface area contributed by atoms with Crippen LogP contribution in [0.3, 0.4) is 0 Å². The van der Waals surface area contributed by atoms with Gasteiger partial charge in [-0.1, -0.05) is 0 Å². The maximum atomic E-state index is 5.48. The van der Waals surface area contributed by atoms with Crippen molar-refractivity contribution in [3.63, 3.8) is 0 Å². The third kappa shape index (κ3) is 6.03. The summed E-state index contributed by atoms with van der Waals surface area (Å²) in [6.07, 6.45) is 3.40. The summed E-state index contributed by atoms with van der Waals surface area (Å²) < 4.78 is 10.9. The number of rotatable bonds is 9. The normalized spacial score (nSPS) is 14.1. The van der Waals surface area contributed by atoms with Crippen molar-refractivity contribution in [1.82, 2.24) is 15.2 Å². The predicted molar refractivity (Wildman–Crippen MR) is 129 cm³/mol. The molecular weight excluding hydrogens is 410 g/mol. The van der Waals surface area contributed by atoms with Crippen LogP contribution in [-0.4, -0.2) is 63.3 Å². The van der Waals surface area contributed by atoms with Crippen LogP contribution in [0.4, 0.5) is 5.13 Å². The fraction of sp³-hybridized carbons (Fsp3) is 0.565. The summed E-state index contributed by atoms with van der Waals surface area (Å²) >= 11 is 1.75. The van der Waals surface area contributed by atoms with Crippen molar-refractivity contribution in [3.05, 3.63) is 34.3 Å². The zero-order chi connectivity index (χ0) is 22.2. The first-order chi connectivity index (χ1) is 15.0. The van der Waals surface area contributed by atoms with Gasteiger partial charge in [-0.3, -0.25) is 4.99 Å². The monoisotopic (exact) mass is 445 g/mol. The molecule has 1 N–H and O–H groups in total. The van der Waals surface area contributed by atoms with E-state index >= 15 is 0 Å². The van der Waals surface area contributed by atoms with E-state index in [9.17, 15) is 0 Å². The molecule has 0 spiro atoms. The molecule has 3 rings (SSSR count). The summed E-state index contributed by atoms with van der Waals surface area (Å²) in [4.78, 5) is 14.2. The minimum atomic E-state index is 0.709. The number of aryl methyl sites for hydroxylation is 1. The quantitative estimate of drug-likeness (QED) is 0.469. The van der Waals surface area contributed by atoms with E-state index in [-0.39, 0.29) is 0 Å². The summed E-state index contributed by atoms with van der Waals surface area (Å²) in [5.41, 5.74) is 3.47. The first-order valence-electron chi connectivity index (χ1n) is 11.0. The highest BCUT2D eigenvalue weighted by molar-refractivity contribution is 7.13. The number of ether oxygens (including phenoxy) is 2. The van der Waals surface area contributed by atoms with E-state index in [1.165, 1.54) is 18.4 Å². The number of methoxy groups -OCH3 is 2. The van der Waals surface area contributed by atoms with E-state index in [0.29, 0.717) is 6.54 Å². The third-order valence-corrected chi connectivity index (χ3v) is 6.44. The molecule has 170 valence electrons. The molecule has 8 heteroatoms. The van der Waals surface area contributed by atoms with E-state index in [1.54, 1.807) is 25.6 Å². The molecule has 1 aromatic heterocycles. The van der Waals surface area contributed by atoms with Gasteiger partial charge in [0, 0.05) is 51.6 Å². The van der Waals surface area contributed by atoms with Crippen molar-refractivity contribution in [2.45, 2.75) is 39.7 Å². The number of aliphatic imine (C=N–C) groups is 1. The Morgan fingerprint density at radius 3 is 2.61 bits per heavy atom. The Bertz CT molecular complexity index is 877. The van der Waals surface area contributed by atoms with Crippen LogP contribution in [-0.2, 0) is 13.0 Å². The summed E-state index contributed by atoms with van der Waals surface area (Å²) in [6, 6.07) is 4.07. The molecule has 0 atom stereocenters. The van der Waals surface area contributed by atoms with Crippen LogP contribution in [0.15, 0.2) is 22.5 Å². The number of hydrogen-bond donors (Lipinski definition) is 1. The molecule has 0 saturated carbocycles. The fourth-order valence-corrected chi connectivity index (χ4v) is 4.65. The minimum Gasteiger partial charge on any atom is -0.493 e. The third-order valence-electron chi connectivity index (χ3n) is 5.49. The molecule has 1 saturated heterocycles. The Morgan fingerprint density at radius 1 is 1.23 bits per heavy atom. The zero-order valence-electron chi connectivity index (χ0n) is 19.4. The van der Waals surface area contributed by atoms with Crippen LogP contribution in [0.25, 0.3) is 0 Å². The van der Waals surface area contributed by atoms with Gasteiger partial charge < -0.3 is 24.6 Å². The van der Waals surface area contributed by atoms with Gasteiger partial charge in [0.1, 0.15) is 0 Å². The van der Waals surface area contributed by atoms with E-state index in [0.717, 1.165) is 66.4 Å². The first-order valence-corrected chi connectivity index (χ1v) is 11.8. The number of hydrogen-bond acceptors (Lipinski definition) is 6. The fourth-order valence-electron chi connectivity index (χ4n) is 3.73. The molecule has 2 heterocycles. The van der Waals surface area contributed by atoms with Gasteiger partial charge in [0.15, 0.2) is 22.6 Å². The van der Waals surface area contributed by atoms with Crippen molar-refractivity contribution < 1.29 is 9.47 Å². The second-order valence-electron chi connectivity index (χ2n) is 7.79.